The monoisotopic (exact) mass is 181 g/mol. The summed E-state index contributed by atoms with van der Waals surface area (Å²) in [5, 5.41) is 8.91. The van der Waals surface area contributed by atoms with Crippen LogP contribution in [0.25, 0.3) is 0 Å². The smallest absolute Gasteiger partial charge is 0.411 e. The first-order valence-corrected chi connectivity index (χ1v) is 4.29. The van der Waals surface area contributed by atoms with Gasteiger partial charge in [0.2, 0.25) is 0 Å². The number of nitrogens with zero attached hydrogens (tertiary/aromatic N) is 1. The number of amides is 1. The second-order valence-electron chi connectivity index (χ2n) is 4.23. The van der Waals surface area contributed by atoms with E-state index in [2.05, 4.69) is 0 Å². The molecule has 72 valence electrons. The minimum Gasteiger partial charge on any atom is -0.465 e. The largest absolute Gasteiger partial charge is 0.465 e. The molecule has 0 saturated carbocycles. The van der Waals surface area contributed by atoms with E-state index in [1.54, 1.807) is 12.3 Å². The molecule has 0 aromatic rings. The highest BCUT2D eigenvalue weighted by Gasteiger charge is 2.30. The Hall–Kier alpha value is -1.25. The molecule has 0 aromatic heterocycles. The summed E-state index contributed by atoms with van der Waals surface area (Å²) in [6, 6.07) is -0.0741. The Labute approximate surface area is 78.4 Å². The van der Waals surface area contributed by atoms with Crippen molar-refractivity contribution in [2.75, 3.05) is 0 Å². The van der Waals surface area contributed by atoms with E-state index in [0.29, 0.717) is 0 Å². The Morgan fingerprint density at radius 3 is 2.38 bits per heavy atom. The van der Waals surface area contributed by atoms with Crippen molar-refractivity contribution in [1.29, 1.82) is 0 Å². The molecule has 0 saturated heterocycles. The molecule has 1 amide bonds. The van der Waals surface area contributed by atoms with Gasteiger partial charge in [-0.3, -0.25) is 4.90 Å². The van der Waals surface area contributed by atoms with Gasteiger partial charge in [0, 0.05) is 6.20 Å². The summed E-state index contributed by atoms with van der Waals surface area (Å²) in [6.07, 6.45) is 6.22. The SMILES string of the molecule is CC(C)(C)C1C=CC=CN1C(=O)O. The van der Waals surface area contributed by atoms with Crippen molar-refractivity contribution in [3.8, 4) is 0 Å². The van der Waals surface area contributed by atoms with Gasteiger partial charge in [-0.1, -0.05) is 32.9 Å². The van der Waals surface area contributed by atoms with Crippen LogP contribution in [0.3, 0.4) is 0 Å². The van der Waals surface area contributed by atoms with E-state index in [4.69, 9.17) is 5.11 Å². The van der Waals surface area contributed by atoms with Crippen molar-refractivity contribution >= 4 is 6.09 Å². The molecule has 0 aliphatic carbocycles. The standard InChI is InChI=1S/C10H15NO2/c1-10(2,3)8-6-4-5-7-11(8)9(12)13/h4-8H,1-3H3,(H,12,13). The highest BCUT2D eigenvalue weighted by Crippen LogP contribution is 2.27. The zero-order chi connectivity index (χ0) is 10.1. The number of carbonyl (C=O) groups is 1. The van der Waals surface area contributed by atoms with Gasteiger partial charge in [-0.15, -0.1) is 0 Å². The molecule has 0 spiro atoms. The first-order chi connectivity index (χ1) is 5.93. The maximum Gasteiger partial charge on any atom is 0.411 e. The fourth-order valence-corrected chi connectivity index (χ4v) is 1.39. The van der Waals surface area contributed by atoms with Crippen LogP contribution < -0.4 is 0 Å². The lowest BCUT2D eigenvalue weighted by atomic mass is 9.85. The van der Waals surface area contributed by atoms with Crippen LogP contribution in [-0.4, -0.2) is 22.1 Å². The van der Waals surface area contributed by atoms with Crippen LogP contribution in [-0.2, 0) is 0 Å². The summed E-state index contributed by atoms with van der Waals surface area (Å²) in [4.78, 5) is 12.2. The van der Waals surface area contributed by atoms with Gasteiger partial charge < -0.3 is 5.11 Å². The van der Waals surface area contributed by atoms with Gasteiger partial charge in [-0.2, -0.15) is 0 Å². The van der Waals surface area contributed by atoms with Gasteiger partial charge in [0.05, 0.1) is 6.04 Å². The fraction of sp³-hybridized carbons (Fsp3) is 0.500. The lowest BCUT2D eigenvalue weighted by Crippen LogP contribution is -2.43. The Morgan fingerprint density at radius 2 is 2.00 bits per heavy atom. The number of hydrogen-bond acceptors (Lipinski definition) is 1. The second-order valence-corrected chi connectivity index (χ2v) is 4.23. The molecular formula is C10H15NO2. The summed E-state index contributed by atoms with van der Waals surface area (Å²) >= 11 is 0. The van der Waals surface area contributed by atoms with Crippen LogP contribution in [0, 0.1) is 5.41 Å². The van der Waals surface area contributed by atoms with Gasteiger partial charge in [-0.25, -0.2) is 4.79 Å². The Bertz CT molecular complexity index is 261. The molecule has 0 fully saturated rings. The van der Waals surface area contributed by atoms with E-state index in [9.17, 15) is 4.79 Å². The third-order valence-electron chi connectivity index (χ3n) is 2.06. The number of hydrogen-bond donors (Lipinski definition) is 1. The summed E-state index contributed by atoms with van der Waals surface area (Å²) in [7, 11) is 0. The fourth-order valence-electron chi connectivity index (χ4n) is 1.39. The molecule has 1 rings (SSSR count). The van der Waals surface area contributed by atoms with E-state index < -0.39 is 6.09 Å². The van der Waals surface area contributed by atoms with E-state index in [1.807, 2.05) is 32.9 Å². The molecule has 1 heterocycles. The predicted octanol–water partition coefficient (Wildman–Crippen LogP) is 2.46. The molecule has 1 aliphatic rings. The van der Waals surface area contributed by atoms with Gasteiger partial charge in [-0.05, 0) is 11.5 Å². The van der Waals surface area contributed by atoms with Crippen molar-refractivity contribution < 1.29 is 9.90 Å². The molecule has 1 atom stereocenters. The second kappa shape index (κ2) is 3.24. The van der Waals surface area contributed by atoms with Crippen LogP contribution in [0.1, 0.15) is 20.8 Å². The van der Waals surface area contributed by atoms with Gasteiger partial charge in [0.25, 0.3) is 0 Å². The van der Waals surface area contributed by atoms with E-state index in [-0.39, 0.29) is 11.5 Å². The van der Waals surface area contributed by atoms with Crippen molar-refractivity contribution in [3.63, 3.8) is 0 Å². The third-order valence-corrected chi connectivity index (χ3v) is 2.06. The lowest BCUT2D eigenvalue weighted by molar-refractivity contribution is 0.127. The summed E-state index contributed by atoms with van der Waals surface area (Å²) in [5.41, 5.74) is -0.0698. The average Bonchev–Trinajstić information content (AvgIpc) is 2.03. The first kappa shape index (κ1) is 9.84. The maximum atomic E-state index is 10.9. The molecule has 0 aromatic carbocycles. The quantitative estimate of drug-likeness (QED) is 0.623. The normalized spacial score (nSPS) is 22.1. The van der Waals surface area contributed by atoms with Gasteiger partial charge in [0.15, 0.2) is 0 Å². The Kier molecular flexibility index (Phi) is 2.45. The molecule has 1 unspecified atom stereocenters. The van der Waals surface area contributed by atoms with Crippen LogP contribution in [0.2, 0.25) is 0 Å². The summed E-state index contributed by atoms with van der Waals surface area (Å²) in [6.45, 7) is 6.07. The predicted molar refractivity (Wildman–Crippen MR) is 51.4 cm³/mol. The highest BCUT2D eigenvalue weighted by molar-refractivity contribution is 5.67. The molecule has 0 bridgehead atoms. The first-order valence-electron chi connectivity index (χ1n) is 4.29. The van der Waals surface area contributed by atoms with E-state index in [1.165, 1.54) is 4.90 Å². The summed E-state index contributed by atoms with van der Waals surface area (Å²) in [5.74, 6) is 0. The van der Waals surface area contributed by atoms with Gasteiger partial charge in [0.1, 0.15) is 0 Å². The molecule has 1 aliphatic heterocycles. The van der Waals surface area contributed by atoms with Crippen LogP contribution in [0.15, 0.2) is 24.4 Å². The van der Waals surface area contributed by atoms with Crippen molar-refractivity contribution in [1.82, 2.24) is 4.90 Å². The number of carboxylic acid groups (broad SMARTS) is 1. The molecule has 3 nitrogen and oxygen atoms in total. The average molecular weight is 181 g/mol. The molecule has 13 heavy (non-hydrogen) atoms. The number of allylic oxidation sites excluding steroid dienone is 2. The highest BCUT2D eigenvalue weighted by atomic mass is 16.4. The lowest BCUT2D eigenvalue weighted by Gasteiger charge is -2.35. The topological polar surface area (TPSA) is 40.5 Å². The Morgan fingerprint density at radius 1 is 1.38 bits per heavy atom. The van der Waals surface area contributed by atoms with Gasteiger partial charge >= 0.3 is 6.09 Å². The van der Waals surface area contributed by atoms with Crippen LogP contribution in [0.4, 0.5) is 4.79 Å². The third kappa shape index (κ3) is 2.11. The van der Waals surface area contributed by atoms with E-state index in [0.717, 1.165) is 0 Å². The zero-order valence-electron chi connectivity index (χ0n) is 8.19. The minimum absolute atomic E-state index is 0.0698. The minimum atomic E-state index is -0.902. The molecule has 3 heteroatoms. The molecular weight excluding hydrogens is 166 g/mol. The zero-order valence-corrected chi connectivity index (χ0v) is 8.19. The Balaban J connectivity index is 2.89. The van der Waals surface area contributed by atoms with Crippen molar-refractivity contribution in [2.45, 2.75) is 26.8 Å². The molecule has 1 N–H and O–H groups in total. The molecule has 0 radical (unpaired) electrons. The van der Waals surface area contributed by atoms with Crippen molar-refractivity contribution in [3.05, 3.63) is 24.4 Å². The van der Waals surface area contributed by atoms with Crippen LogP contribution >= 0.6 is 0 Å². The van der Waals surface area contributed by atoms with E-state index >= 15 is 0 Å². The van der Waals surface area contributed by atoms with Crippen molar-refractivity contribution in [2.24, 2.45) is 5.41 Å². The number of rotatable bonds is 0. The maximum absolute atomic E-state index is 10.9. The summed E-state index contributed by atoms with van der Waals surface area (Å²) < 4.78 is 0. The van der Waals surface area contributed by atoms with Crippen LogP contribution in [0.5, 0.6) is 0 Å².